The third-order valence-corrected chi connectivity index (χ3v) is 8.16. The number of carbonyl (C=O) groups excluding carboxylic acids is 2. The maximum atomic E-state index is 13.3. The Labute approximate surface area is 190 Å². The smallest absolute Gasteiger partial charge is 0.410 e. The summed E-state index contributed by atoms with van der Waals surface area (Å²) >= 11 is 0. The molecule has 32 heavy (non-hydrogen) atoms. The van der Waals surface area contributed by atoms with Crippen LogP contribution in [0.15, 0.2) is 48.5 Å². The number of rotatable bonds is 5. The highest BCUT2D eigenvalue weighted by molar-refractivity contribution is 5.82. The van der Waals surface area contributed by atoms with Crippen LogP contribution in [0.1, 0.15) is 68.4 Å². The van der Waals surface area contributed by atoms with Crippen molar-refractivity contribution in [2.24, 2.45) is 11.8 Å². The third-order valence-electron chi connectivity index (χ3n) is 8.16. The number of carbonyl (C=O) groups is 2. The van der Waals surface area contributed by atoms with Crippen molar-refractivity contribution in [2.75, 3.05) is 6.61 Å². The summed E-state index contributed by atoms with van der Waals surface area (Å²) in [6.07, 6.45) is 7.80. The molecule has 2 heterocycles. The molecule has 2 aromatic rings. The fourth-order valence-electron chi connectivity index (χ4n) is 6.38. The van der Waals surface area contributed by atoms with Gasteiger partial charge in [-0.2, -0.15) is 0 Å². The second-order valence-electron chi connectivity index (χ2n) is 10.2. The van der Waals surface area contributed by atoms with Gasteiger partial charge in [0.25, 0.3) is 0 Å². The molecule has 0 aromatic heterocycles. The standard InChI is InChI=1S/C28H31NO3/c30-27(14-18-12-13-18)19-15-20-6-5-7-21(16-19)29(20)28(31)32-17-26-24-10-3-1-8-22(24)23-9-2-4-11-25(23)26/h1-4,8-11,18-21,26H,5-7,12-17H2. The molecule has 3 fully saturated rings. The molecule has 6 rings (SSSR count). The van der Waals surface area contributed by atoms with Crippen molar-refractivity contribution in [3.8, 4) is 11.1 Å². The van der Waals surface area contributed by atoms with Crippen LogP contribution in [0, 0.1) is 11.8 Å². The van der Waals surface area contributed by atoms with Gasteiger partial charge in [0.2, 0.25) is 0 Å². The van der Waals surface area contributed by atoms with Gasteiger partial charge in [-0.15, -0.1) is 0 Å². The number of ketones is 1. The number of benzene rings is 2. The van der Waals surface area contributed by atoms with Crippen molar-refractivity contribution in [1.29, 1.82) is 0 Å². The lowest BCUT2D eigenvalue weighted by atomic mass is 9.76. The van der Waals surface area contributed by atoms with Gasteiger partial charge in [0, 0.05) is 30.3 Å². The Morgan fingerprint density at radius 3 is 2.03 bits per heavy atom. The molecular formula is C28H31NO3. The number of fused-ring (bicyclic) bond motifs is 5. The van der Waals surface area contributed by atoms with Crippen LogP contribution in [-0.2, 0) is 9.53 Å². The molecule has 1 amide bonds. The fourth-order valence-corrected chi connectivity index (χ4v) is 6.38. The summed E-state index contributed by atoms with van der Waals surface area (Å²) in [6, 6.07) is 17.2. The molecule has 2 bridgehead atoms. The SMILES string of the molecule is O=C(CC1CC1)C1CC2CCCC(C1)N2C(=O)OCC1c2ccccc2-c2ccccc21. The van der Waals surface area contributed by atoms with Gasteiger partial charge in [-0.3, -0.25) is 4.79 Å². The van der Waals surface area contributed by atoms with E-state index in [-0.39, 0.29) is 30.0 Å². The summed E-state index contributed by atoms with van der Waals surface area (Å²) in [7, 11) is 0. The van der Waals surface area contributed by atoms with Crippen molar-refractivity contribution < 1.29 is 14.3 Å². The molecule has 2 aromatic carbocycles. The first-order valence-corrected chi connectivity index (χ1v) is 12.3. The Morgan fingerprint density at radius 1 is 0.844 bits per heavy atom. The van der Waals surface area contributed by atoms with Crippen LogP contribution >= 0.6 is 0 Å². The van der Waals surface area contributed by atoms with E-state index >= 15 is 0 Å². The molecule has 2 saturated heterocycles. The second kappa shape index (κ2) is 8.06. The molecule has 0 spiro atoms. The lowest BCUT2D eigenvalue weighted by Crippen LogP contribution is -2.55. The molecule has 0 N–H and O–H groups in total. The van der Waals surface area contributed by atoms with Gasteiger partial charge in [-0.25, -0.2) is 4.79 Å². The fraction of sp³-hybridized carbons (Fsp3) is 0.500. The highest BCUT2D eigenvalue weighted by atomic mass is 16.6. The first-order valence-electron chi connectivity index (χ1n) is 12.3. The summed E-state index contributed by atoms with van der Waals surface area (Å²) in [4.78, 5) is 28.0. The van der Waals surface area contributed by atoms with Gasteiger partial charge in [0.05, 0.1) is 0 Å². The topological polar surface area (TPSA) is 46.6 Å². The molecule has 166 valence electrons. The number of piperidine rings is 2. The molecule has 0 radical (unpaired) electrons. The van der Waals surface area contributed by atoms with Gasteiger partial charge in [0.1, 0.15) is 12.4 Å². The summed E-state index contributed by atoms with van der Waals surface area (Å²) in [5.41, 5.74) is 4.98. The zero-order valence-electron chi connectivity index (χ0n) is 18.5. The van der Waals surface area contributed by atoms with Gasteiger partial charge < -0.3 is 9.64 Å². The van der Waals surface area contributed by atoms with Crippen molar-refractivity contribution in [2.45, 2.75) is 69.4 Å². The van der Waals surface area contributed by atoms with Gasteiger partial charge in [-0.1, -0.05) is 48.5 Å². The van der Waals surface area contributed by atoms with E-state index < -0.39 is 0 Å². The Balaban J connectivity index is 1.15. The zero-order valence-corrected chi connectivity index (χ0v) is 18.5. The van der Waals surface area contributed by atoms with E-state index in [2.05, 4.69) is 48.5 Å². The van der Waals surface area contributed by atoms with Crippen molar-refractivity contribution >= 4 is 11.9 Å². The number of ether oxygens (including phenoxy) is 1. The highest BCUT2D eigenvalue weighted by Crippen LogP contribution is 2.45. The second-order valence-corrected chi connectivity index (χ2v) is 10.2. The van der Waals surface area contributed by atoms with E-state index in [0.717, 1.165) is 38.5 Å². The summed E-state index contributed by atoms with van der Waals surface area (Å²) in [6.45, 7) is 0.368. The Hall–Kier alpha value is -2.62. The van der Waals surface area contributed by atoms with Gasteiger partial charge >= 0.3 is 6.09 Å². The van der Waals surface area contributed by atoms with Crippen molar-refractivity contribution in [3.63, 3.8) is 0 Å². The average molecular weight is 430 g/mol. The Morgan fingerprint density at radius 2 is 1.44 bits per heavy atom. The molecule has 4 nitrogen and oxygen atoms in total. The van der Waals surface area contributed by atoms with Crippen molar-refractivity contribution in [3.05, 3.63) is 59.7 Å². The van der Waals surface area contributed by atoms with Gasteiger partial charge in [-0.05, 0) is 73.1 Å². The number of Topliss-reactive ketones (excluding diaryl/α,β-unsaturated/α-hetero) is 1. The minimum Gasteiger partial charge on any atom is -0.448 e. The molecule has 1 saturated carbocycles. The summed E-state index contributed by atoms with van der Waals surface area (Å²) in [5.74, 6) is 1.31. The number of amides is 1. The summed E-state index contributed by atoms with van der Waals surface area (Å²) < 4.78 is 5.99. The molecule has 4 aliphatic rings. The van der Waals surface area contributed by atoms with Crippen molar-refractivity contribution in [1.82, 2.24) is 4.90 Å². The molecule has 4 heteroatoms. The predicted molar refractivity (Wildman–Crippen MR) is 123 cm³/mol. The molecule has 2 aliphatic heterocycles. The quantitative estimate of drug-likeness (QED) is 0.591. The van der Waals surface area contributed by atoms with E-state index in [0.29, 0.717) is 18.3 Å². The van der Waals surface area contributed by atoms with E-state index in [1.807, 2.05) is 4.90 Å². The van der Waals surface area contributed by atoms with E-state index in [4.69, 9.17) is 4.74 Å². The van der Waals surface area contributed by atoms with Crippen LogP contribution in [0.4, 0.5) is 4.79 Å². The van der Waals surface area contributed by atoms with Crippen LogP contribution in [-0.4, -0.2) is 35.5 Å². The molecule has 2 atom stereocenters. The minimum atomic E-state index is -0.186. The maximum absolute atomic E-state index is 13.3. The van der Waals surface area contributed by atoms with Crippen LogP contribution in [0.25, 0.3) is 11.1 Å². The monoisotopic (exact) mass is 429 g/mol. The first kappa shape index (κ1) is 20.0. The lowest BCUT2D eigenvalue weighted by molar-refractivity contribution is -0.127. The van der Waals surface area contributed by atoms with Crippen LogP contribution < -0.4 is 0 Å². The first-order chi connectivity index (χ1) is 15.7. The van der Waals surface area contributed by atoms with Gasteiger partial charge in [0.15, 0.2) is 0 Å². The Bertz CT molecular complexity index is 983. The maximum Gasteiger partial charge on any atom is 0.410 e. The number of hydrogen-bond acceptors (Lipinski definition) is 3. The predicted octanol–water partition coefficient (Wildman–Crippen LogP) is 5.94. The molecular weight excluding hydrogens is 398 g/mol. The minimum absolute atomic E-state index is 0.0869. The zero-order chi connectivity index (χ0) is 21.7. The summed E-state index contributed by atoms with van der Waals surface area (Å²) in [5, 5.41) is 0. The van der Waals surface area contributed by atoms with Crippen LogP contribution in [0.5, 0.6) is 0 Å². The van der Waals surface area contributed by atoms with E-state index in [9.17, 15) is 9.59 Å². The van der Waals surface area contributed by atoms with E-state index in [1.165, 1.54) is 35.1 Å². The average Bonchev–Trinajstić information content (AvgIpc) is 3.57. The van der Waals surface area contributed by atoms with Crippen LogP contribution in [0.2, 0.25) is 0 Å². The highest BCUT2D eigenvalue weighted by Gasteiger charge is 2.44. The normalized spacial score (nSPS) is 26.4. The number of hydrogen-bond donors (Lipinski definition) is 0. The largest absolute Gasteiger partial charge is 0.448 e. The lowest BCUT2D eigenvalue weighted by Gasteiger charge is -2.47. The van der Waals surface area contributed by atoms with Crippen LogP contribution in [0.3, 0.4) is 0 Å². The van der Waals surface area contributed by atoms with E-state index in [1.54, 1.807) is 0 Å². The Kier molecular flexibility index (Phi) is 5.04. The third kappa shape index (κ3) is 3.54. The molecule has 2 unspecified atom stereocenters. The molecule has 2 aliphatic carbocycles. The number of nitrogens with zero attached hydrogens (tertiary/aromatic N) is 1.